The maximum Gasteiger partial charge on any atom is 0.191 e. The molecule has 2 N–H and O–H groups in total. The molecule has 1 aromatic carbocycles. The number of para-hydroxylation sites is 1. The molecule has 1 aliphatic heterocycles. The van der Waals surface area contributed by atoms with E-state index in [-0.39, 0.29) is 12.2 Å². The second-order valence-corrected chi connectivity index (χ2v) is 6.55. The summed E-state index contributed by atoms with van der Waals surface area (Å²) in [5.74, 6) is 1.72. The van der Waals surface area contributed by atoms with Crippen LogP contribution in [0.3, 0.4) is 0 Å². The second kappa shape index (κ2) is 10.3. The van der Waals surface area contributed by atoms with E-state index in [9.17, 15) is 0 Å². The minimum Gasteiger partial charge on any atom is -0.489 e. The summed E-state index contributed by atoms with van der Waals surface area (Å²) in [4.78, 5) is 6.93. The third kappa shape index (κ3) is 6.92. The number of hydrogen-bond donors (Lipinski definition) is 2. The Balaban J connectivity index is 1.82. The van der Waals surface area contributed by atoms with E-state index < -0.39 is 0 Å². The maximum atomic E-state index is 5.99. The van der Waals surface area contributed by atoms with Crippen LogP contribution in [0.4, 0.5) is 0 Å². The molecule has 2 unspecified atom stereocenters. The predicted octanol–water partition coefficient (Wildman–Crippen LogP) is 1.65. The molecule has 0 spiro atoms. The van der Waals surface area contributed by atoms with Gasteiger partial charge in [-0.15, -0.1) is 0 Å². The fraction of sp³-hybridized carbons (Fsp3) is 0.632. The topological polar surface area (TPSA) is 58.1 Å². The van der Waals surface area contributed by atoms with Crippen molar-refractivity contribution >= 4 is 5.96 Å². The molecule has 0 amide bonds. The van der Waals surface area contributed by atoms with Crippen LogP contribution in [0.25, 0.3) is 0 Å². The molecule has 1 aromatic rings. The molecule has 140 valence electrons. The number of nitrogens with one attached hydrogen (secondary N) is 2. The van der Waals surface area contributed by atoms with Crippen LogP contribution in [0, 0.1) is 6.92 Å². The van der Waals surface area contributed by atoms with E-state index >= 15 is 0 Å². The molecular formula is C19H32N4O2. The van der Waals surface area contributed by atoms with Gasteiger partial charge in [-0.25, -0.2) is 4.99 Å². The van der Waals surface area contributed by atoms with Crippen LogP contribution in [-0.4, -0.2) is 69.4 Å². The van der Waals surface area contributed by atoms with Gasteiger partial charge in [0.05, 0.1) is 19.3 Å². The first-order valence-corrected chi connectivity index (χ1v) is 9.13. The van der Waals surface area contributed by atoms with Crippen LogP contribution in [0.5, 0.6) is 5.75 Å². The zero-order valence-electron chi connectivity index (χ0n) is 15.9. The van der Waals surface area contributed by atoms with Crippen LogP contribution in [0.1, 0.15) is 19.4 Å². The van der Waals surface area contributed by atoms with E-state index in [1.165, 1.54) is 0 Å². The molecule has 1 saturated heterocycles. The number of aliphatic imine (C=N–C) groups is 1. The van der Waals surface area contributed by atoms with Crippen molar-refractivity contribution in [3.05, 3.63) is 29.8 Å². The van der Waals surface area contributed by atoms with Crippen molar-refractivity contribution in [1.82, 2.24) is 15.5 Å². The van der Waals surface area contributed by atoms with Crippen molar-refractivity contribution < 1.29 is 9.47 Å². The van der Waals surface area contributed by atoms with E-state index in [2.05, 4.69) is 47.5 Å². The molecule has 1 aliphatic rings. The number of ether oxygens (including phenoxy) is 2. The Morgan fingerprint density at radius 2 is 2.20 bits per heavy atom. The quantitative estimate of drug-likeness (QED) is 0.580. The van der Waals surface area contributed by atoms with E-state index in [0.29, 0.717) is 6.54 Å². The van der Waals surface area contributed by atoms with Crippen molar-refractivity contribution in [1.29, 1.82) is 0 Å². The third-order valence-electron chi connectivity index (χ3n) is 4.11. The summed E-state index contributed by atoms with van der Waals surface area (Å²) in [6.07, 6.45) is 0.205. The van der Waals surface area contributed by atoms with Crippen molar-refractivity contribution in [3.8, 4) is 5.75 Å². The van der Waals surface area contributed by atoms with Crippen molar-refractivity contribution in [2.24, 2.45) is 4.99 Å². The lowest BCUT2D eigenvalue weighted by Gasteiger charge is -2.30. The summed E-state index contributed by atoms with van der Waals surface area (Å²) in [6.45, 7) is 11.1. The lowest BCUT2D eigenvalue weighted by Crippen LogP contribution is -2.48. The van der Waals surface area contributed by atoms with Crippen LogP contribution in [0.15, 0.2) is 29.3 Å². The number of hydrogen-bond acceptors (Lipinski definition) is 4. The van der Waals surface area contributed by atoms with Gasteiger partial charge in [0.1, 0.15) is 11.9 Å². The van der Waals surface area contributed by atoms with E-state index in [0.717, 1.165) is 50.1 Å². The highest BCUT2D eigenvalue weighted by Crippen LogP contribution is 2.17. The first kappa shape index (κ1) is 19.5. The zero-order valence-corrected chi connectivity index (χ0v) is 15.9. The standard InChI is InChI=1S/C19H32N4O2/c1-5-20-19(22-13-17-14-23(4)10-11-24-17)21-12-16(3)25-18-9-7-6-8-15(18)2/h6-9,16-17H,5,10-14H2,1-4H3,(H2,20,21,22). The summed E-state index contributed by atoms with van der Waals surface area (Å²) >= 11 is 0. The SMILES string of the molecule is CCNC(=NCC(C)Oc1ccccc1C)NCC1CN(C)CCO1. The van der Waals surface area contributed by atoms with Gasteiger partial charge in [-0.05, 0) is 39.4 Å². The van der Waals surface area contributed by atoms with E-state index in [4.69, 9.17) is 9.47 Å². The van der Waals surface area contributed by atoms with Gasteiger partial charge in [-0.1, -0.05) is 18.2 Å². The highest BCUT2D eigenvalue weighted by molar-refractivity contribution is 5.79. The Labute approximate surface area is 151 Å². The fourth-order valence-corrected chi connectivity index (χ4v) is 2.71. The van der Waals surface area contributed by atoms with Crippen LogP contribution in [0.2, 0.25) is 0 Å². The number of benzene rings is 1. The number of rotatable bonds is 7. The number of morpholine rings is 1. The lowest BCUT2D eigenvalue weighted by molar-refractivity contribution is -0.0161. The number of nitrogens with zero attached hydrogens (tertiary/aromatic N) is 2. The Kier molecular flexibility index (Phi) is 8.01. The smallest absolute Gasteiger partial charge is 0.191 e. The largest absolute Gasteiger partial charge is 0.489 e. The van der Waals surface area contributed by atoms with Gasteiger partial charge < -0.3 is 25.0 Å². The minimum absolute atomic E-state index is 0.00798. The molecule has 1 heterocycles. The summed E-state index contributed by atoms with van der Waals surface area (Å²) in [6, 6.07) is 8.06. The van der Waals surface area contributed by atoms with Gasteiger partial charge in [0.25, 0.3) is 0 Å². The number of guanidine groups is 1. The van der Waals surface area contributed by atoms with Gasteiger partial charge in [-0.3, -0.25) is 0 Å². The lowest BCUT2D eigenvalue weighted by atomic mass is 10.2. The zero-order chi connectivity index (χ0) is 18.1. The van der Waals surface area contributed by atoms with Crippen LogP contribution < -0.4 is 15.4 Å². The normalized spacial score (nSPS) is 20.2. The molecule has 0 aromatic heterocycles. The molecule has 0 aliphatic carbocycles. The van der Waals surface area contributed by atoms with Crippen LogP contribution >= 0.6 is 0 Å². The monoisotopic (exact) mass is 348 g/mol. The first-order valence-electron chi connectivity index (χ1n) is 9.13. The molecule has 0 radical (unpaired) electrons. The average molecular weight is 348 g/mol. The van der Waals surface area contributed by atoms with Gasteiger partial charge in [0.2, 0.25) is 0 Å². The third-order valence-corrected chi connectivity index (χ3v) is 4.11. The van der Waals surface area contributed by atoms with Crippen molar-refractivity contribution in [2.75, 3.05) is 46.4 Å². The summed E-state index contributed by atoms with van der Waals surface area (Å²) in [5.41, 5.74) is 1.14. The first-order chi connectivity index (χ1) is 12.1. The highest BCUT2D eigenvalue weighted by atomic mass is 16.5. The predicted molar refractivity (Wildman–Crippen MR) is 102 cm³/mol. The molecule has 0 saturated carbocycles. The Bertz CT molecular complexity index is 550. The van der Waals surface area contributed by atoms with Crippen molar-refractivity contribution in [3.63, 3.8) is 0 Å². The van der Waals surface area contributed by atoms with Crippen LogP contribution in [-0.2, 0) is 4.74 Å². The molecule has 1 fully saturated rings. The van der Waals surface area contributed by atoms with Gasteiger partial charge in [-0.2, -0.15) is 0 Å². The molecule has 25 heavy (non-hydrogen) atoms. The van der Waals surface area contributed by atoms with Gasteiger partial charge in [0.15, 0.2) is 5.96 Å². The molecule has 2 atom stereocenters. The molecule has 6 nitrogen and oxygen atoms in total. The number of likely N-dealkylation sites (N-methyl/N-ethyl adjacent to an activating group) is 1. The van der Waals surface area contributed by atoms with Gasteiger partial charge in [0, 0.05) is 26.2 Å². The number of aryl methyl sites for hydroxylation is 1. The second-order valence-electron chi connectivity index (χ2n) is 6.55. The molecular weight excluding hydrogens is 316 g/mol. The Morgan fingerprint density at radius 1 is 1.40 bits per heavy atom. The fourth-order valence-electron chi connectivity index (χ4n) is 2.71. The molecule has 0 bridgehead atoms. The maximum absolute atomic E-state index is 5.99. The summed E-state index contributed by atoms with van der Waals surface area (Å²) in [5, 5.41) is 6.65. The summed E-state index contributed by atoms with van der Waals surface area (Å²) in [7, 11) is 2.12. The Hall–Kier alpha value is -1.79. The van der Waals surface area contributed by atoms with Gasteiger partial charge >= 0.3 is 0 Å². The highest BCUT2D eigenvalue weighted by Gasteiger charge is 2.17. The average Bonchev–Trinajstić information content (AvgIpc) is 2.59. The van der Waals surface area contributed by atoms with E-state index in [1.807, 2.05) is 25.1 Å². The molecule has 2 rings (SSSR count). The Morgan fingerprint density at radius 3 is 2.92 bits per heavy atom. The van der Waals surface area contributed by atoms with Crippen molar-refractivity contribution in [2.45, 2.75) is 33.0 Å². The molecule has 6 heteroatoms. The summed E-state index contributed by atoms with van der Waals surface area (Å²) < 4.78 is 11.8. The van der Waals surface area contributed by atoms with E-state index in [1.54, 1.807) is 0 Å². The minimum atomic E-state index is 0.00798.